The molecule has 2 atom stereocenters. The molecule has 0 saturated carbocycles. The van der Waals surface area contributed by atoms with Crippen LogP contribution in [0.4, 0.5) is 0 Å². The third-order valence-electron chi connectivity index (χ3n) is 2.37. The van der Waals surface area contributed by atoms with Gasteiger partial charge in [-0.1, -0.05) is 12.7 Å². The van der Waals surface area contributed by atoms with Gasteiger partial charge in [0.15, 0.2) is 0 Å². The molecule has 0 aliphatic carbocycles. The fraction of sp³-hybridized carbons (Fsp3) is 0.400. The molecule has 1 fully saturated rings. The average Bonchev–Trinajstić information content (AvgIpc) is 2.16. The Labute approximate surface area is 81.9 Å². The van der Waals surface area contributed by atoms with Gasteiger partial charge in [-0.25, -0.2) is 4.79 Å². The summed E-state index contributed by atoms with van der Waals surface area (Å²) in [5.74, 6) is -1.98. The molecule has 1 rings (SSSR count). The van der Waals surface area contributed by atoms with E-state index in [2.05, 4.69) is 13.2 Å². The van der Waals surface area contributed by atoms with Gasteiger partial charge in [-0.15, -0.1) is 6.58 Å². The molecule has 1 aliphatic heterocycles. The van der Waals surface area contributed by atoms with E-state index in [1.54, 1.807) is 6.08 Å². The Morgan fingerprint density at radius 1 is 1.64 bits per heavy atom. The van der Waals surface area contributed by atoms with Crippen molar-refractivity contribution >= 4 is 11.9 Å². The van der Waals surface area contributed by atoms with E-state index in [9.17, 15) is 9.59 Å². The Balaban J connectivity index is 2.80. The first-order chi connectivity index (χ1) is 6.56. The zero-order chi connectivity index (χ0) is 10.7. The molecule has 0 aromatic rings. The third kappa shape index (κ3) is 2.02. The van der Waals surface area contributed by atoms with E-state index in [0.717, 1.165) is 0 Å². The summed E-state index contributed by atoms with van der Waals surface area (Å²) < 4.78 is 4.80. The van der Waals surface area contributed by atoms with Crippen LogP contribution in [0.5, 0.6) is 0 Å². The largest absolute Gasteiger partial charge is 0.478 e. The number of carboxylic acid groups (broad SMARTS) is 1. The summed E-state index contributed by atoms with van der Waals surface area (Å²) in [6, 6.07) is 0. The number of esters is 1. The fourth-order valence-electron chi connectivity index (χ4n) is 1.47. The number of cyclic esters (lactones) is 1. The molecule has 4 nitrogen and oxygen atoms in total. The van der Waals surface area contributed by atoms with Crippen LogP contribution >= 0.6 is 0 Å². The minimum Gasteiger partial charge on any atom is -0.478 e. The lowest BCUT2D eigenvalue weighted by Crippen LogP contribution is -2.32. The van der Waals surface area contributed by atoms with Gasteiger partial charge < -0.3 is 9.84 Å². The van der Waals surface area contributed by atoms with E-state index in [0.29, 0.717) is 0 Å². The highest BCUT2D eigenvalue weighted by Crippen LogP contribution is 2.29. The first-order valence-electron chi connectivity index (χ1n) is 4.26. The predicted molar refractivity (Wildman–Crippen MR) is 49.5 cm³/mol. The van der Waals surface area contributed by atoms with Gasteiger partial charge in [0.1, 0.15) is 0 Å². The molecule has 1 N–H and O–H groups in total. The fourth-order valence-corrected chi connectivity index (χ4v) is 1.47. The first-order valence-corrected chi connectivity index (χ1v) is 4.26. The van der Waals surface area contributed by atoms with Crippen molar-refractivity contribution in [2.75, 3.05) is 6.61 Å². The lowest BCUT2D eigenvalue weighted by molar-refractivity contribution is -0.151. The molecule has 0 bridgehead atoms. The van der Waals surface area contributed by atoms with Gasteiger partial charge in [-0.3, -0.25) is 4.79 Å². The maximum Gasteiger partial charge on any atom is 0.331 e. The topological polar surface area (TPSA) is 63.6 Å². The number of aliphatic carboxylic acids is 1. The van der Waals surface area contributed by atoms with Gasteiger partial charge in [0, 0.05) is 17.4 Å². The number of carboxylic acids is 1. The van der Waals surface area contributed by atoms with Crippen molar-refractivity contribution in [2.24, 2.45) is 11.8 Å². The zero-order valence-electron chi connectivity index (χ0n) is 7.73. The second-order valence-corrected chi connectivity index (χ2v) is 3.22. The van der Waals surface area contributed by atoms with Crippen molar-refractivity contribution < 1.29 is 19.4 Å². The SMILES string of the molecule is C=CC1COC(=O)CC1C(=C)C(=O)O. The molecule has 1 saturated heterocycles. The molecule has 2 unspecified atom stereocenters. The van der Waals surface area contributed by atoms with Crippen LogP contribution in [0, 0.1) is 11.8 Å². The Morgan fingerprint density at radius 2 is 2.29 bits per heavy atom. The van der Waals surface area contributed by atoms with E-state index >= 15 is 0 Å². The van der Waals surface area contributed by atoms with Crippen molar-refractivity contribution in [1.82, 2.24) is 0 Å². The summed E-state index contributed by atoms with van der Waals surface area (Å²) in [6.45, 7) is 7.23. The highest BCUT2D eigenvalue weighted by molar-refractivity contribution is 5.87. The summed E-state index contributed by atoms with van der Waals surface area (Å²) in [5.41, 5.74) is 0.0477. The maximum absolute atomic E-state index is 11.0. The average molecular weight is 196 g/mol. The Hall–Kier alpha value is -1.58. The molecular weight excluding hydrogens is 184 g/mol. The number of carbonyl (C=O) groups is 2. The van der Waals surface area contributed by atoms with Crippen LogP contribution in [0.3, 0.4) is 0 Å². The van der Waals surface area contributed by atoms with E-state index < -0.39 is 5.97 Å². The van der Waals surface area contributed by atoms with Gasteiger partial charge >= 0.3 is 11.9 Å². The molecule has 0 radical (unpaired) electrons. The van der Waals surface area contributed by atoms with Crippen LogP contribution in [0.2, 0.25) is 0 Å². The zero-order valence-corrected chi connectivity index (χ0v) is 7.73. The summed E-state index contributed by atoms with van der Waals surface area (Å²) in [4.78, 5) is 21.7. The standard InChI is InChI=1S/C10H12O4/c1-3-7-5-14-9(11)4-8(7)6(2)10(12)13/h3,7-8H,1-2,4-5H2,(H,12,13). The van der Waals surface area contributed by atoms with Crippen molar-refractivity contribution in [3.05, 3.63) is 24.8 Å². The summed E-state index contributed by atoms with van der Waals surface area (Å²) in [6.07, 6.45) is 1.67. The van der Waals surface area contributed by atoms with E-state index in [4.69, 9.17) is 9.84 Å². The van der Waals surface area contributed by atoms with Gasteiger partial charge in [-0.2, -0.15) is 0 Å². The summed E-state index contributed by atoms with van der Waals surface area (Å²) in [7, 11) is 0. The third-order valence-corrected chi connectivity index (χ3v) is 2.37. The number of hydrogen-bond acceptors (Lipinski definition) is 3. The van der Waals surface area contributed by atoms with Crippen LogP contribution in [0.25, 0.3) is 0 Å². The number of hydrogen-bond donors (Lipinski definition) is 1. The maximum atomic E-state index is 11.0. The van der Waals surface area contributed by atoms with Crippen molar-refractivity contribution in [3.63, 3.8) is 0 Å². The molecule has 0 aromatic heterocycles. The van der Waals surface area contributed by atoms with Crippen LogP contribution in [0.1, 0.15) is 6.42 Å². The van der Waals surface area contributed by atoms with E-state index in [-0.39, 0.29) is 36.4 Å². The highest BCUT2D eigenvalue weighted by Gasteiger charge is 2.33. The Morgan fingerprint density at radius 3 is 2.79 bits per heavy atom. The quantitative estimate of drug-likeness (QED) is 0.415. The lowest BCUT2D eigenvalue weighted by atomic mass is 9.83. The van der Waals surface area contributed by atoms with Crippen LogP contribution < -0.4 is 0 Å². The van der Waals surface area contributed by atoms with Crippen molar-refractivity contribution in [3.8, 4) is 0 Å². The number of rotatable bonds is 3. The van der Waals surface area contributed by atoms with Gasteiger partial charge in [0.05, 0.1) is 13.0 Å². The molecule has 4 heteroatoms. The molecule has 0 aromatic carbocycles. The van der Waals surface area contributed by atoms with Crippen LogP contribution in [-0.4, -0.2) is 23.7 Å². The first kappa shape index (κ1) is 10.5. The lowest BCUT2D eigenvalue weighted by Gasteiger charge is -2.28. The molecule has 0 amide bonds. The van der Waals surface area contributed by atoms with E-state index in [1.165, 1.54) is 0 Å². The molecule has 1 aliphatic rings. The van der Waals surface area contributed by atoms with E-state index in [1.807, 2.05) is 0 Å². The van der Waals surface area contributed by atoms with Gasteiger partial charge in [-0.05, 0) is 0 Å². The van der Waals surface area contributed by atoms with Crippen LogP contribution in [0.15, 0.2) is 24.8 Å². The Kier molecular flexibility index (Phi) is 3.06. The Bertz CT molecular complexity index is 292. The normalized spacial score (nSPS) is 26.4. The van der Waals surface area contributed by atoms with Gasteiger partial charge in [0.2, 0.25) is 0 Å². The number of carbonyl (C=O) groups excluding carboxylic acids is 1. The van der Waals surface area contributed by atoms with Crippen molar-refractivity contribution in [2.45, 2.75) is 6.42 Å². The smallest absolute Gasteiger partial charge is 0.331 e. The minimum absolute atomic E-state index is 0.0477. The molecule has 14 heavy (non-hydrogen) atoms. The molecule has 0 spiro atoms. The molecular formula is C10H12O4. The minimum atomic E-state index is -1.07. The number of ether oxygens (including phenoxy) is 1. The van der Waals surface area contributed by atoms with Gasteiger partial charge in [0.25, 0.3) is 0 Å². The second kappa shape index (κ2) is 4.09. The summed E-state index contributed by atoms with van der Waals surface area (Å²) >= 11 is 0. The predicted octanol–water partition coefficient (Wildman–Crippen LogP) is 0.992. The van der Waals surface area contributed by atoms with Crippen LogP contribution in [-0.2, 0) is 14.3 Å². The highest BCUT2D eigenvalue weighted by atomic mass is 16.5. The van der Waals surface area contributed by atoms with Crippen molar-refractivity contribution in [1.29, 1.82) is 0 Å². The second-order valence-electron chi connectivity index (χ2n) is 3.22. The molecule has 1 heterocycles. The summed E-state index contributed by atoms with van der Waals surface area (Å²) in [5, 5.41) is 8.75. The molecule has 76 valence electrons. The monoisotopic (exact) mass is 196 g/mol.